The largest absolute Gasteiger partial charge is 0.497 e. The van der Waals surface area contributed by atoms with Gasteiger partial charge >= 0.3 is 6.09 Å². The smallest absolute Gasteiger partial charge is 0.408 e. The van der Waals surface area contributed by atoms with Crippen LogP contribution in [0.4, 0.5) is 4.79 Å². The van der Waals surface area contributed by atoms with Crippen molar-refractivity contribution in [2.45, 2.75) is 109 Å². The van der Waals surface area contributed by atoms with E-state index in [4.69, 9.17) is 9.47 Å². The molecule has 1 amide bonds. The Kier molecular flexibility index (Phi) is 11.6. The monoisotopic (exact) mass is 403 g/mol. The van der Waals surface area contributed by atoms with E-state index in [9.17, 15) is 4.79 Å². The van der Waals surface area contributed by atoms with Crippen LogP contribution in [0.15, 0.2) is 24.3 Å². The first-order valence-corrected chi connectivity index (χ1v) is 11.9. The van der Waals surface area contributed by atoms with E-state index in [1.807, 2.05) is 24.3 Å². The number of rotatable bonds is 16. The fraction of sp³-hybridized carbons (Fsp3) is 0.720. The van der Waals surface area contributed by atoms with Gasteiger partial charge in [-0.3, -0.25) is 0 Å². The van der Waals surface area contributed by atoms with Crippen LogP contribution in [0.2, 0.25) is 0 Å². The van der Waals surface area contributed by atoms with E-state index in [1.54, 1.807) is 7.11 Å². The predicted molar refractivity (Wildman–Crippen MR) is 119 cm³/mol. The summed E-state index contributed by atoms with van der Waals surface area (Å²) in [4.78, 5) is 11.7. The van der Waals surface area contributed by atoms with Crippen LogP contribution in [0.1, 0.15) is 108 Å². The lowest BCUT2D eigenvalue weighted by molar-refractivity contribution is 0.124. The average Bonchev–Trinajstić information content (AvgIpc) is 3.12. The SMILES string of the molecule is CCCCCCCCCCCCCCC[C@@H]1OC(=O)N[C@H]1c1ccc(OC)cc1. The van der Waals surface area contributed by atoms with Crippen LogP contribution < -0.4 is 10.1 Å². The van der Waals surface area contributed by atoms with Crippen LogP contribution in [-0.4, -0.2) is 19.3 Å². The van der Waals surface area contributed by atoms with Crippen molar-refractivity contribution in [2.75, 3.05) is 7.11 Å². The summed E-state index contributed by atoms with van der Waals surface area (Å²) in [6.07, 6.45) is 18.1. The standard InChI is InChI=1S/C25H41NO3/c1-3-4-5-6-7-8-9-10-11-12-13-14-15-16-23-24(26-25(27)29-23)21-17-19-22(28-2)20-18-21/h17-20,23-24H,3-16H2,1-2H3,(H,26,27)/t23-,24-/m0/s1. The lowest BCUT2D eigenvalue weighted by Crippen LogP contribution is -2.22. The molecule has 1 aliphatic rings. The summed E-state index contributed by atoms with van der Waals surface area (Å²) in [6.45, 7) is 2.27. The molecule has 0 aromatic heterocycles. The first-order chi connectivity index (χ1) is 14.2. The van der Waals surface area contributed by atoms with Gasteiger partial charge in [0.05, 0.1) is 13.2 Å². The lowest BCUT2D eigenvalue weighted by Gasteiger charge is -2.17. The third-order valence-electron chi connectivity index (χ3n) is 5.97. The van der Waals surface area contributed by atoms with Gasteiger partial charge in [-0.1, -0.05) is 96.1 Å². The number of cyclic esters (lactones) is 1. The first-order valence-electron chi connectivity index (χ1n) is 11.9. The molecule has 0 bridgehead atoms. The van der Waals surface area contributed by atoms with Gasteiger partial charge in [0.25, 0.3) is 0 Å². The van der Waals surface area contributed by atoms with Gasteiger partial charge in [-0.15, -0.1) is 0 Å². The minimum absolute atomic E-state index is 0.0502. The van der Waals surface area contributed by atoms with Crippen molar-refractivity contribution in [3.05, 3.63) is 29.8 Å². The van der Waals surface area contributed by atoms with Gasteiger partial charge in [0.1, 0.15) is 11.9 Å². The fourth-order valence-corrected chi connectivity index (χ4v) is 4.16. The molecule has 0 spiro atoms. The van der Waals surface area contributed by atoms with Gasteiger partial charge in [-0.2, -0.15) is 0 Å². The molecule has 164 valence electrons. The highest BCUT2D eigenvalue weighted by Crippen LogP contribution is 2.29. The second-order valence-corrected chi connectivity index (χ2v) is 8.37. The summed E-state index contributed by atoms with van der Waals surface area (Å²) in [6, 6.07) is 7.83. The first kappa shape index (κ1) is 23.6. The Morgan fingerprint density at radius 1 is 0.828 bits per heavy atom. The highest BCUT2D eigenvalue weighted by atomic mass is 16.6. The highest BCUT2D eigenvalue weighted by molar-refractivity contribution is 5.70. The topological polar surface area (TPSA) is 47.6 Å². The summed E-state index contributed by atoms with van der Waals surface area (Å²) in [5.74, 6) is 0.826. The molecule has 1 N–H and O–H groups in total. The Morgan fingerprint density at radius 3 is 1.86 bits per heavy atom. The zero-order chi connectivity index (χ0) is 20.7. The van der Waals surface area contributed by atoms with Crippen molar-refractivity contribution in [3.8, 4) is 5.75 Å². The minimum Gasteiger partial charge on any atom is -0.497 e. The molecule has 1 heterocycles. The summed E-state index contributed by atoms with van der Waals surface area (Å²) < 4.78 is 10.7. The maximum absolute atomic E-state index is 11.7. The van der Waals surface area contributed by atoms with Crippen LogP contribution in [0.25, 0.3) is 0 Å². The summed E-state index contributed by atoms with van der Waals surface area (Å²) >= 11 is 0. The second-order valence-electron chi connectivity index (χ2n) is 8.37. The lowest BCUT2D eigenvalue weighted by atomic mass is 9.97. The molecule has 1 aromatic carbocycles. The zero-order valence-corrected chi connectivity index (χ0v) is 18.6. The molecule has 1 aromatic rings. The molecular formula is C25H41NO3. The van der Waals surface area contributed by atoms with E-state index in [1.165, 1.54) is 77.0 Å². The molecule has 1 saturated heterocycles. The maximum atomic E-state index is 11.7. The number of unbranched alkanes of at least 4 members (excludes halogenated alkanes) is 12. The van der Waals surface area contributed by atoms with E-state index in [-0.39, 0.29) is 18.2 Å². The number of hydrogen-bond acceptors (Lipinski definition) is 3. The predicted octanol–water partition coefficient (Wildman–Crippen LogP) is 7.33. The minimum atomic E-state index is -0.300. The number of benzene rings is 1. The molecule has 2 atom stereocenters. The molecule has 4 heteroatoms. The van der Waals surface area contributed by atoms with Crippen molar-refractivity contribution < 1.29 is 14.3 Å². The number of nitrogens with one attached hydrogen (secondary N) is 1. The van der Waals surface area contributed by atoms with Gasteiger partial charge in [0.15, 0.2) is 0 Å². The average molecular weight is 404 g/mol. The van der Waals surface area contributed by atoms with Gasteiger partial charge in [-0.05, 0) is 30.5 Å². The second kappa shape index (κ2) is 14.3. The van der Waals surface area contributed by atoms with Crippen molar-refractivity contribution in [2.24, 2.45) is 0 Å². The molecule has 1 fully saturated rings. The number of methoxy groups -OCH3 is 1. The Balaban J connectivity index is 1.52. The highest BCUT2D eigenvalue weighted by Gasteiger charge is 2.34. The van der Waals surface area contributed by atoms with Crippen molar-refractivity contribution in [1.29, 1.82) is 0 Å². The number of carbonyl (C=O) groups excluding carboxylic acids is 1. The van der Waals surface area contributed by atoms with Gasteiger partial charge in [0.2, 0.25) is 0 Å². The quantitative estimate of drug-likeness (QED) is 0.294. The normalized spacial score (nSPS) is 18.5. The van der Waals surface area contributed by atoms with E-state index >= 15 is 0 Å². The van der Waals surface area contributed by atoms with Crippen molar-refractivity contribution in [3.63, 3.8) is 0 Å². The Morgan fingerprint density at radius 2 is 1.34 bits per heavy atom. The summed E-state index contributed by atoms with van der Waals surface area (Å²) in [7, 11) is 1.66. The zero-order valence-electron chi connectivity index (χ0n) is 18.6. The number of ether oxygens (including phenoxy) is 2. The van der Waals surface area contributed by atoms with E-state index in [0.717, 1.165) is 24.2 Å². The van der Waals surface area contributed by atoms with Crippen LogP contribution in [0, 0.1) is 0 Å². The number of hydrogen-bond donors (Lipinski definition) is 1. The maximum Gasteiger partial charge on any atom is 0.408 e. The molecular weight excluding hydrogens is 362 g/mol. The van der Waals surface area contributed by atoms with Gasteiger partial charge in [-0.25, -0.2) is 4.79 Å². The van der Waals surface area contributed by atoms with Crippen LogP contribution >= 0.6 is 0 Å². The third-order valence-corrected chi connectivity index (χ3v) is 5.97. The number of amides is 1. The third kappa shape index (κ3) is 9.10. The number of alkyl carbamates (subject to hydrolysis) is 1. The van der Waals surface area contributed by atoms with E-state index in [0.29, 0.717) is 0 Å². The Labute approximate surface area is 177 Å². The fourth-order valence-electron chi connectivity index (χ4n) is 4.16. The summed E-state index contributed by atoms with van der Waals surface area (Å²) in [5, 5.41) is 2.95. The molecule has 0 unspecified atom stereocenters. The van der Waals surface area contributed by atoms with E-state index in [2.05, 4.69) is 12.2 Å². The molecule has 2 rings (SSSR count). The Bertz CT molecular complexity index is 558. The van der Waals surface area contributed by atoms with Crippen molar-refractivity contribution in [1.82, 2.24) is 5.32 Å². The van der Waals surface area contributed by atoms with Crippen molar-refractivity contribution >= 4 is 6.09 Å². The number of carbonyl (C=O) groups is 1. The molecule has 0 saturated carbocycles. The van der Waals surface area contributed by atoms with Crippen LogP contribution in [0.5, 0.6) is 5.75 Å². The van der Waals surface area contributed by atoms with Gasteiger partial charge in [0, 0.05) is 0 Å². The molecule has 0 radical (unpaired) electrons. The Hall–Kier alpha value is -1.71. The van der Waals surface area contributed by atoms with Crippen LogP contribution in [-0.2, 0) is 4.74 Å². The molecule has 0 aliphatic carbocycles. The van der Waals surface area contributed by atoms with Crippen LogP contribution in [0.3, 0.4) is 0 Å². The summed E-state index contributed by atoms with van der Waals surface area (Å²) in [5.41, 5.74) is 1.08. The molecule has 4 nitrogen and oxygen atoms in total. The van der Waals surface area contributed by atoms with E-state index < -0.39 is 0 Å². The molecule has 1 aliphatic heterocycles. The van der Waals surface area contributed by atoms with Gasteiger partial charge < -0.3 is 14.8 Å². The molecule has 29 heavy (non-hydrogen) atoms.